The van der Waals surface area contributed by atoms with E-state index < -0.39 is 6.04 Å². The second-order valence-corrected chi connectivity index (χ2v) is 7.94. The van der Waals surface area contributed by atoms with Crippen LogP contribution in [0.1, 0.15) is 16.8 Å². The summed E-state index contributed by atoms with van der Waals surface area (Å²) in [7, 11) is 0. The molecule has 2 aliphatic heterocycles. The molecule has 146 valence electrons. The zero-order valence-electron chi connectivity index (χ0n) is 15.2. The smallest absolute Gasteiger partial charge is 0.266 e. The summed E-state index contributed by atoms with van der Waals surface area (Å²) in [6.45, 7) is 0.302. The van der Waals surface area contributed by atoms with Gasteiger partial charge in [0.2, 0.25) is 5.91 Å². The molecule has 0 spiro atoms. The van der Waals surface area contributed by atoms with Crippen molar-refractivity contribution in [3.05, 3.63) is 69.3 Å². The van der Waals surface area contributed by atoms with Crippen LogP contribution >= 0.6 is 23.2 Å². The highest BCUT2D eigenvalue weighted by atomic mass is 35.5. The Bertz CT molecular complexity index is 1190. The molecular formula is C21H16Cl2N4O2. The van der Waals surface area contributed by atoms with Crippen LogP contribution in [0.25, 0.3) is 10.9 Å². The van der Waals surface area contributed by atoms with E-state index in [2.05, 4.69) is 10.1 Å². The lowest BCUT2D eigenvalue weighted by atomic mass is 9.94. The molecule has 2 amide bonds. The normalized spacial score (nSPS) is 19.2. The second kappa shape index (κ2) is 6.90. The van der Waals surface area contributed by atoms with Crippen LogP contribution in [0.15, 0.2) is 47.6 Å². The quantitative estimate of drug-likeness (QED) is 0.635. The number of piperazine rings is 1. The fourth-order valence-corrected chi connectivity index (χ4v) is 4.37. The van der Waals surface area contributed by atoms with Crippen molar-refractivity contribution in [2.45, 2.75) is 19.0 Å². The number of carbonyl (C=O) groups is 2. The molecule has 6 nitrogen and oxygen atoms in total. The van der Waals surface area contributed by atoms with Gasteiger partial charge in [-0.25, -0.2) is 5.01 Å². The highest BCUT2D eigenvalue weighted by Crippen LogP contribution is 2.32. The van der Waals surface area contributed by atoms with Crippen molar-refractivity contribution in [1.29, 1.82) is 0 Å². The van der Waals surface area contributed by atoms with Gasteiger partial charge in [0, 0.05) is 28.6 Å². The van der Waals surface area contributed by atoms with Gasteiger partial charge < -0.3 is 9.88 Å². The fourth-order valence-electron chi connectivity index (χ4n) is 4.01. The van der Waals surface area contributed by atoms with Crippen LogP contribution in [0.3, 0.4) is 0 Å². The predicted molar refractivity (Wildman–Crippen MR) is 112 cm³/mol. The number of amides is 2. The molecule has 0 saturated carbocycles. The van der Waals surface area contributed by atoms with Crippen LogP contribution in [-0.2, 0) is 22.6 Å². The van der Waals surface area contributed by atoms with Gasteiger partial charge in [0.05, 0.1) is 22.8 Å². The molecule has 1 N–H and O–H groups in total. The average Bonchev–Trinajstić information content (AvgIpc) is 3.09. The third kappa shape index (κ3) is 2.99. The standard InChI is InChI=1S/C21H16Cl2N4O2/c22-15-6-3-4-12(20(15)23)9-24-27-11-19(28)26-10-17-14(8-18(26)21(27)29)13-5-1-2-7-16(13)25-17/h1-7,9,18,25H,8,10-11H2/b24-9+/t18-/m1/s1. The third-order valence-corrected chi connectivity index (χ3v) is 6.30. The summed E-state index contributed by atoms with van der Waals surface area (Å²) in [5.74, 6) is -0.330. The number of carbonyl (C=O) groups excluding carboxylic acids is 2. The number of H-pyrrole nitrogens is 1. The maximum Gasteiger partial charge on any atom is 0.266 e. The number of aromatic amines is 1. The van der Waals surface area contributed by atoms with Gasteiger partial charge in [-0.2, -0.15) is 5.10 Å². The SMILES string of the molecule is O=C1[C@H]2Cc3c([nH]c4ccccc34)CN2C(=O)CN1/N=C/c1cccc(Cl)c1Cl. The summed E-state index contributed by atoms with van der Waals surface area (Å²) >= 11 is 12.2. The first-order valence-corrected chi connectivity index (χ1v) is 9.96. The number of hydrazone groups is 1. The average molecular weight is 427 g/mol. The number of nitrogens with one attached hydrogen (secondary N) is 1. The van der Waals surface area contributed by atoms with E-state index >= 15 is 0 Å². The minimum atomic E-state index is -0.560. The Hall–Kier alpha value is -2.83. The van der Waals surface area contributed by atoms with Crippen molar-refractivity contribution in [2.24, 2.45) is 5.10 Å². The molecule has 5 rings (SSSR count). The van der Waals surface area contributed by atoms with Gasteiger partial charge >= 0.3 is 0 Å². The van der Waals surface area contributed by atoms with Crippen LogP contribution < -0.4 is 0 Å². The molecule has 0 bridgehead atoms. The van der Waals surface area contributed by atoms with Gasteiger partial charge in [0.1, 0.15) is 12.6 Å². The third-order valence-electron chi connectivity index (χ3n) is 5.47. The van der Waals surface area contributed by atoms with Crippen molar-refractivity contribution in [2.75, 3.05) is 6.54 Å². The highest BCUT2D eigenvalue weighted by Gasteiger charge is 2.43. The lowest BCUT2D eigenvalue weighted by molar-refractivity contribution is -0.157. The molecule has 0 radical (unpaired) electrons. The van der Waals surface area contributed by atoms with Gasteiger partial charge in [-0.3, -0.25) is 9.59 Å². The van der Waals surface area contributed by atoms with Gasteiger partial charge in [0.25, 0.3) is 5.91 Å². The first-order chi connectivity index (χ1) is 14.0. The number of para-hydroxylation sites is 1. The first-order valence-electron chi connectivity index (χ1n) is 9.20. The van der Waals surface area contributed by atoms with E-state index in [0.717, 1.165) is 22.2 Å². The maximum atomic E-state index is 13.1. The Morgan fingerprint density at radius 2 is 1.90 bits per heavy atom. The number of benzene rings is 2. The number of rotatable bonds is 2. The maximum absolute atomic E-state index is 13.1. The molecule has 1 atom stereocenters. The highest BCUT2D eigenvalue weighted by molar-refractivity contribution is 6.43. The van der Waals surface area contributed by atoms with Crippen LogP contribution in [0.5, 0.6) is 0 Å². The van der Waals surface area contributed by atoms with E-state index in [4.69, 9.17) is 23.2 Å². The predicted octanol–water partition coefficient (Wildman–Crippen LogP) is 3.60. The first kappa shape index (κ1) is 18.2. The molecule has 2 aromatic carbocycles. The van der Waals surface area contributed by atoms with Crippen molar-refractivity contribution in [3.63, 3.8) is 0 Å². The Morgan fingerprint density at radius 1 is 1.07 bits per heavy atom. The molecule has 0 unspecified atom stereocenters. The van der Waals surface area contributed by atoms with Crippen LogP contribution in [0.4, 0.5) is 0 Å². The summed E-state index contributed by atoms with van der Waals surface area (Å²) < 4.78 is 0. The molecule has 8 heteroatoms. The van der Waals surface area contributed by atoms with Crippen LogP contribution in [-0.4, -0.2) is 45.5 Å². The Balaban J connectivity index is 1.45. The van der Waals surface area contributed by atoms with Crippen molar-refractivity contribution < 1.29 is 9.59 Å². The van der Waals surface area contributed by atoms with E-state index in [9.17, 15) is 9.59 Å². The lowest BCUT2D eigenvalue weighted by Gasteiger charge is -2.40. The lowest BCUT2D eigenvalue weighted by Crippen LogP contribution is -2.60. The molecule has 29 heavy (non-hydrogen) atoms. The summed E-state index contributed by atoms with van der Waals surface area (Å²) in [5.41, 5.74) is 3.69. The molecule has 0 aliphatic carbocycles. The molecular weight excluding hydrogens is 411 g/mol. The molecule has 1 saturated heterocycles. The van der Waals surface area contributed by atoms with E-state index in [1.54, 1.807) is 23.1 Å². The molecule has 3 aromatic rings. The Labute approximate surface area is 176 Å². The summed E-state index contributed by atoms with van der Waals surface area (Å²) in [4.78, 5) is 30.8. The fraction of sp³-hybridized carbons (Fsp3) is 0.190. The Kier molecular flexibility index (Phi) is 4.33. The van der Waals surface area contributed by atoms with Gasteiger partial charge in [-0.1, -0.05) is 53.5 Å². The zero-order chi connectivity index (χ0) is 20.1. The topological polar surface area (TPSA) is 68.8 Å². The largest absolute Gasteiger partial charge is 0.357 e. The second-order valence-electron chi connectivity index (χ2n) is 7.15. The van der Waals surface area contributed by atoms with Crippen molar-refractivity contribution in [3.8, 4) is 0 Å². The summed E-state index contributed by atoms with van der Waals surface area (Å²) in [6.07, 6.45) is 1.93. The number of aromatic nitrogens is 1. The molecule has 1 aromatic heterocycles. The minimum Gasteiger partial charge on any atom is -0.357 e. The van der Waals surface area contributed by atoms with E-state index in [-0.39, 0.29) is 18.4 Å². The molecule has 3 heterocycles. The minimum absolute atomic E-state index is 0.0976. The number of nitrogens with zero attached hydrogens (tertiary/aromatic N) is 3. The number of halogens is 2. The van der Waals surface area contributed by atoms with Crippen LogP contribution in [0, 0.1) is 0 Å². The van der Waals surface area contributed by atoms with Gasteiger partial charge in [-0.05, 0) is 17.7 Å². The van der Waals surface area contributed by atoms with Crippen LogP contribution in [0.2, 0.25) is 10.0 Å². The van der Waals surface area contributed by atoms with E-state index in [0.29, 0.717) is 28.6 Å². The van der Waals surface area contributed by atoms with E-state index in [1.807, 2.05) is 24.3 Å². The monoisotopic (exact) mass is 426 g/mol. The molecule has 2 aliphatic rings. The number of hydrogen-bond donors (Lipinski definition) is 1. The van der Waals surface area contributed by atoms with Gasteiger partial charge in [0.15, 0.2) is 0 Å². The summed E-state index contributed by atoms with van der Waals surface area (Å²) in [5, 5.41) is 7.32. The van der Waals surface area contributed by atoms with Crippen molar-refractivity contribution in [1.82, 2.24) is 14.9 Å². The number of fused-ring (bicyclic) bond motifs is 4. The van der Waals surface area contributed by atoms with Crippen molar-refractivity contribution >= 4 is 52.1 Å². The van der Waals surface area contributed by atoms with E-state index in [1.165, 1.54) is 11.2 Å². The summed E-state index contributed by atoms with van der Waals surface area (Å²) in [6, 6.07) is 12.6. The van der Waals surface area contributed by atoms with Gasteiger partial charge in [-0.15, -0.1) is 0 Å². The zero-order valence-corrected chi connectivity index (χ0v) is 16.7. The Morgan fingerprint density at radius 3 is 2.76 bits per heavy atom. The molecule has 1 fully saturated rings. The number of hydrogen-bond acceptors (Lipinski definition) is 3.